The third kappa shape index (κ3) is 2.94. The van der Waals surface area contributed by atoms with Gasteiger partial charge >= 0.3 is 0 Å². The van der Waals surface area contributed by atoms with Gasteiger partial charge in [-0.1, -0.05) is 23.2 Å². The number of anilines is 1. The molecule has 4 rings (SSSR count). The van der Waals surface area contributed by atoms with E-state index in [0.717, 1.165) is 6.07 Å². The van der Waals surface area contributed by atoms with Gasteiger partial charge in [-0.05, 0) is 18.2 Å². The zero-order valence-electron chi connectivity index (χ0n) is 13.2. The maximum Gasteiger partial charge on any atom is 0.260 e. The summed E-state index contributed by atoms with van der Waals surface area (Å²) < 4.78 is 33.1. The fraction of sp³-hybridized carbons (Fsp3) is 0. The van der Waals surface area contributed by atoms with Crippen LogP contribution in [0, 0.1) is 11.8 Å². The molecule has 0 atom stereocenters. The number of phenolic OH excluding ortho intramolecular Hbond substituents is 1. The molecule has 0 fully saturated rings. The third-order valence-electron chi connectivity index (χ3n) is 3.93. The SMILES string of the molecule is O=C(Nc1ccc(Cl)c(Cl)c1)c1c(-c2cc(F)ncc2F)c2oc1cc2O. The minimum atomic E-state index is -0.944. The van der Waals surface area contributed by atoms with Crippen molar-refractivity contribution in [2.75, 3.05) is 5.32 Å². The van der Waals surface area contributed by atoms with E-state index in [2.05, 4.69) is 10.3 Å². The van der Waals surface area contributed by atoms with Crippen LogP contribution in [0.25, 0.3) is 22.3 Å². The second kappa shape index (κ2) is 6.37. The summed E-state index contributed by atoms with van der Waals surface area (Å²) >= 11 is 11.8. The predicted molar refractivity (Wildman–Crippen MR) is 96.6 cm³/mol. The lowest BCUT2D eigenvalue weighted by atomic mass is 9.99. The lowest BCUT2D eigenvalue weighted by Gasteiger charge is -2.09. The molecular weight excluding hydrogens is 401 g/mol. The number of nitrogens with zero attached hydrogens (tertiary/aromatic N) is 1. The van der Waals surface area contributed by atoms with Gasteiger partial charge in [0.1, 0.15) is 11.4 Å². The number of furan rings is 2. The average Bonchev–Trinajstić information content (AvgIpc) is 3.17. The molecule has 0 aliphatic rings. The van der Waals surface area contributed by atoms with Crippen molar-refractivity contribution < 1.29 is 23.1 Å². The summed E-state index contributed by atoms with van der Waals surface area (Å²) in [6.07, 6.45) is 0.685. The van der Waals surface area contributed by atoms with Crippen molar-refractivity contribution in [1.82, 2.24) is 4.98 Å². The first-order valence-corrected chi connectivity index (χ1v) is 8.26. The van der Waals surface area contributed by atoms with Gasteiger partial charge in [0.2, 0.25) is 5.95 Å². The molecule has 5 nitrogen and oxygen atoms in total. The van der Waals surface area contributed by atoms with Crippen molar-refractivity contribution in [2.45, 2.75) is 0 Å². The number of aromatic hydroxyl groups is 1. The predicted octanol–water partition coefficient (Wildman–Crippen LogP) is 5.48. The number of benzene rings is 2. The Morgan fingerprint density at radius 2 is 1.93 bits per heavy atom. The smallest absolute Gasteiger partial charge is 0.260 e. The molecule has 3 heterocycles. The number of pyridine rings is 1. The quantitative estimate of drug-likeness (QED) is 0.440. The van der Waals surface area contributed by atoms with Crippen molar-refractivity contribution in [2.24, 2.45) is 0 Å². The number of rotatable bonds is 3. The van der Waals surface area contributed by atoms with E-state index < -0.39 is 17.7 Å². The molecule has 1 amide bonds. The van der Waals surface area contributed by atoms with Crippen LogP contribution < -0.4 is 5.32 Å². The van der Waals surface area contributed by atoms with Crippen molar-refractivity contribution >= 4 is 46.0 Å². The Morgan fingerprint density at radius 1 is 1.15 bits per heavy atom. The van der Waals surface area contributed by atoms with Crippen molar-refractivity contribution in [3.63, 3.8) is 0 Å². The standard InChI is InChI=1S/C18H8Cl2F2N2O3/c19-9-2-1-7(3-10(9)20)24-18(26)16-13-5-12(25)17(27-13)15(16)8-4-14(22)23-6-11(8)21/h1-6,25H,(H,24,26). The second-order valence-electron chi connectivity index (χ2n) is 5.64. The Kier molecular flexibility index (Phi) is 4.13. The van der Waals surface area contributed by atoms with Gasteiger partial charge < -0.3 is 14.8 Å². The zero-order valence-corrected chi connectivity index (χ0v) is 14.7. The molecule has 0 saturated heterocycles. The van der Waals surface area contributed by atoms with Crippen molar-refractivity contribution in [3.05, 3.63) is 63.9 Å². The maximum absolute atomic E-state index is 14.2. The van der Waals surface area contributed by atoms with Crippen LogP contribution in [0.5, 0.6) is 5.75 Å². The molecule has 2 bridgehead atoms. The molecule has 0 radical (unpaired) electrons. The van der Waals surface area contributed by atoms with Gasteiger partial charge in [0.15, 0.2) is 11.3 Å². The maximum atomic E-state index is 14.2. The molecule has 9 heteroatoms. The highest BCUT2D eigenvalue weighted by molar-refractivity contribution is 6.42. The molecule has 2 N–H and O–H groups in total. The van der Waals surface area contributed by atoms with E-state index in [1.165, 1.54) is 24.3 Å². The van der Waals surface area contributed by atoms with Crippen molar-refractivity contribution in [3.8, 4) is 16.9 Å². The Hall–Kier alpha value is -2.90. The number of phenols is 1. The molecule has 27 heavy (non-hydrogen) atoms. The van der Waals surface area contributed by atoms with Crippen LogP contribution in [0.4, 0.5) is 14.5 Å². The number of aromatic nitrogens is 1. The average molecular weight is 409 g/mol. The minimum Gasteiger partial charge on any atom is -0.504 e. The number of carbonyl (C=O) groups is 1. The molecular formula is C18H8Cl2F2N2O3. The highest BCUT2D eigenvalue weighted by Crippen LogP contribution is 2.43. The third-order valence-corrected chi connectivity index (χ3v) is 4.67. The molecule has 0 unspecified atom stereocenters. The van der Waals surface area contributed by atoms with Crippen LogP contribution in [0.1, 0.15) is 10.4 Å². The van der Waals surface area contributed by atoms with E-state index in [1.807, 2.05) is 0 Å². The molecule has 0 saturated carbocycles. The number of fused-ring (bicyclic) bond motifs is 2. The van der Waals surface area contributed by atoms with E-state index in [9.17, 15) is 18.7 Å². The number of halogens is 4. The molecule has 1 aromatic carbocycles. The van der Waals surface area contributed by atoms with Gasteiger partial charge in [-0.3, -0.25) is 4.79 Å². The summed E-state index contributed by atoms with van der Waals surface area (Å²) in [5.41, 5.74) is -0.157. The number of nitrogens with one attached hydrogen (secondary N) is 1. The summed E-state index contributed by atoms with van der Waals surface area (Å²) in [5.74, 6) is -2.76. The zero-order chi connectivity index (χ0) is 19.3. The summed E-state index contributed by atoms with van der Waals surface area (Å²) in [6.45, 7) is 0. The van der Waals surface area contributed by atoms with Gasteiger partial charge in [0, 0.05) is 28.9 Å². The van der Waals surface area contributed by atoms with Crippen LogP contribution in [0.15, 0.2) is 40.9 Å². The van der Waals surface area contributed by atoms with Gasteiger partial charge in [-0.15, -0.1) is 0 Å². The number of amides is 1. The Balaban J connectivity index is 1.83. The topological polar surface area (TPSA) is 75.4 Å². The number of hydrogen-bond acceptors (Lipinski definition) is 4. The fourth-order valence-electron chi connectivity index (χ4n) is 2.78. The highest BCUT2D eigenvalue weighted by Gasteiger charge is 2.29. The lowest BCUT2D eigenvalue weighted by Crippen LogP contribution is -2.13. The van der Waals surface area contributed by atoms with Gasteiger partial charge in [-0.2, -0.15) is 4.39 Å². The van der Waals surface area contributed by atoms with E-state index >= 15 is 0 Å². The van der Waals surface area contributed by atoms with Crippen LogP contribution in [0.3, 0.4) is 0 Å². The van der Waals surface area contributed by atoms with Crippen LogP contribution >= 0.6 is 23.2 Å². The molecule has 3 aromatic heterocycles. The van der Waals surface area contributed by atoms with E-state index in [-0.39, 0.29) is 38.6 Å². The van der Waals surface area contributed by atoms with E-state index in [4.69, 9.17) is 27.6 Å². The Morgan fingerprint density at radius 3 is 2.67 bits per heavy atom. The second-order valence-corrected chi connectivity index (χ2v) is 6.46. The highest BCUT2D eigenvalue weighted by atomic mass is 35.5. The largest absolute Gasteiger partial charge is 0.504 e. The van der Waals surface area contributed by atoms with Crippen LogP contribution in [-0.4, -0.2) is 16.0 Å². The number of hydrogen-bond donors (Lipinski definition) is 2. The molecule has 0 spiro atoms. The first-order chi connectivity index (χ1) is 12.8. The monoisotopic (exact) mass is 408 g/mol. The van der Waals surface area contributed by atoms with Gasteiger partial charge in [-0.25, -0.2) is 9.37 Å². The Labute approximate surface area is 160 Å². The van der Waals surface area contributed by atoms with Crippen LogP contribution in [-0.2, 0) is 0 Å². The van der Waals surface area contributed by atoms with E-state index in [0.29, 0.717) is 16.9 Å². The summed E-state index contributed by atoms with van der Waals surface area (Å²) in [6, 6.07) is 6.50. The summed E-state index contributed by atoms with van der Waals surface area (Å²) in [4.78, 5) is 16.0. The van der Waals surface area contributed by atoms with Gasteiger partial charge in [0.05, 0.1) is 21.8 Å². The minimum absolute atomic E-state index is 0.0201. The molecule has 0 aliphatic heterocycles. The van der Waals surface area contributed by atoms with Crippen LogP contribution in [0.2, 0.25) is 10.0 Å². The Bertz CT molecular complexity index is 1190. The summed E-state index contributed by atoms with van der Waals surface area (Å²) in [5, 5.41) is 13.0. The molecule has 0 aliphatic carbocycles. The fourth-order valence-corrected chi connectivity index (χ4v) is 3.07. The van der Waals surface area contributed by atoms with E-state index in [1.54, 1.807) is 0 Å². The molecule has 136 valence electrons. The molecule has 4 aromatic rings. The number of carbonyl (C=O) groups excluding carboxylic acids is 1. The first kappa shape index (κ1) is 17.5. The summed E-state index contributed by atoms with van der Waals surface area (Å²) in [7, 11) is 0. The van der Waals surface area contributed by atoms with Crippen molar-refractivity contribution in [1.29, 1.82) is 0 Å². The normalized spacial score (nSPS) is 11.3. The van der Waals surface area contributed by atoms with Gasteiger partial charge in [0.25, 0.3) is 5.91 Å². The first-order valence-electron chi connectivity index (χ1n) is 7.51. The lowest BCUT2D eigenvalue weighted by molar-refractivity contribution is 0.102.